The second-order valence-electron chi connectivity index (χ2n) is 6.49. The number of carbonyl (C=O) groups excluding carboxylic acids is 2. The number of nitrogens with zero attached hydrogens (tertiary/aromatic N) is 2. The molecule has 1 fully saturated rings. The molecule has 0 spiro atoms. The van der Waals surface area contributed by atoms with Crippen molar-refractivity contribution >= 4 is 17.6 Å². The highest BCUT2D eigenvalue weighted by Crippen LogP contribution is 2.19. The molecule has 2 N–H and O–H groups in total. The van der Waals surface area contributed by atoms with Gasteiger partial charge in [-0.3, -0.25) is 9.78 Å². The molecular weight excluding hydrogens is 344 g/mol. The van der Waals surface area contributed by atoms with Crippen LogP contribution in [0.3, 0.4) is 0 Å². The highest BCUT2D eigenvalue weighted by atomic mass is 16.5. The number of aromatic nitrogens is 1. The zero-order valence-electron chi connectivity index (χ0n) is 15.4. The molecule has 2 aromatic rings. The molecule has 1 heterocycles. The predicted octanol–water partition coefficient (Wildman–Crippen LogP) is 2.65. The van der Waals surface area contributed by atoms with Crippen LogP contribution in [0, 0.1) is 0 Å². The number of methoxy groups -OCH3 is 1. The summed E-state index contributed by atoms with van der Waals surface area (Å²) in [5.74, 6) is -0.105. The number of carbonyl (C=O) groups is 2. The average Bonchev–Trinajstić information content (AvgIpc) is 3.50. The summed E-state index contributed by atoms with van der Waals surface area (Å²) in [6, 6.07) is 12.6. The van der Waals surface area contributed by atoms with Gasteiger partial charge in [-0.05, 0) is 49.2 Å². The van der Waals surface area contributed by atoms with Gasteiger partial charge in [-0.1, -0.05) is 6.07 Å². The quantitative estimate of drug-likeness (QED) is 0.750. The Morgan fingerprint density at radius 2 is 1.96 bits per heavy atom. The topological polar surface area (TPSA) is 83.6 Å². The molecule has 1 aliphatic carbocycles. The van der Waals surface area contributed by atoms with Crippen LogP contribution in [0.5, 0.6) is 0 Å². The largest absolute Gasteiger partial charge is 0.383 e. The summed E-state index contributed by atoms with van der Waals surface area (Å²) in [7, 11) is 1.61. The number of anilines is 1. The van der Waals surface area contributed by atoms with Crippen LogP contribution in [-0.4, -0.2) is 48.1 Å². The van der Waals surface area contributed by atoms with Crippen molar-refractivity contribution in [3.63, 3.8) is 0 Å². The number of hydrogen-bond donors (Lipinski definition) is 2. The van der Waals surface area contributed by atoms with Crippen molar-refractivity contribution in [1.82, 2.24) is 15.2 Å². The highest BCUT2D eigenvalue weighted by Gasteiger charge is 2.23. The van der Waals surface area contributed by atoms with Crippen LogP contribution in [0.4, 0.5) is 10.5 Å². The predicted molar refractivity (Wildman–Crippen MR) is 102 cm³/mol. The summed E-state index contributed by atoms with van der Waals surface area (Å²) in [5.41, 5.74) is 2.02. The van der Waals surface area contributed by atoms with Gasteiger partial charge in [0.25, 0.3) is 5.91 Å². The first-order chi connectivity index (χ1) is 13.2. The highest BCUT2D eigenvalue weighted by molar-refractivity contribution is 5.95. The van der Waals surface area contributed by atoms with Crippen molar-refractivity contribution in [3.05, 3.63) is 59.9 Å². The number of ether oxygens (including phenoxy) is 1. The lowest BCUT2D eigenvalue weighted by Crippen LogP contribution is -2.33. The molecule has 27 heavy (non-hydrogen) atoms. The molecule has 0 saturated heterocycles. The lowest BCUT2D eigenvalue weighted by atomic mass is 10.1. The van der Waals surface area contributed by atoms with Crippen molar-refractivity contribution < 1.29 is 14.3 Å². The molecule has 1 aromatic carbocycles. The average molecular weight is 368 g/mol. The zero-order valence-corrected chi connectivity index (χ0v) is 15.4. The van der Waals surface area contributed by atoms with Crippen molar-refractivity contribution in [2.24, 2.45) is 0 Å². The fourth-order valence-electron chi connectivity index (χ4n) is 2.60. The first-order valence-corrected chi connectivity index (χ1v) is 9.01. The molecule has 3 rings (SSSR count). The monoisotopic (exact) mass is 368 g/mol. The lowest BCUT2D eigenvalue weighted by molar-refractivity contribution is 0.0678. The molecule has 0 aliphatic heterocycles. The molecule has 7 heteroatoms. The fourth-order valence-corrected chi connectivity index (χ4v) is 2.60. The summed E-state index contributed by atoms with van der Waals surface area (Å²) in [6.07, 6.45) is 3.78. The van der Waals surface area contributed by atoms with Crippen LogP contribution in [0.1, 0.15) is 28.9 Å². The Morgan fingerprint density at radius 1 is 1.19 bits per heavy atom. The van der Waals surface area contributed by atoms with E-state index < -0.39 is 0 Å². The number of pyridine rings is 1. The first kappa shape index (κ1) is 18.8. The Labute approximate surface area is 158 Å². The van der Waals surface area contributed by atoms with Crippen molar-refractivity contribution in [2.75, 3.05) is 25.6 Å². The SMILES string of the molecule is COCCN(Cc1ccccn1)C(=O)c1ccc(NC(=O)NC2CC2)cc1. The van der Waals surface area contributed by atoms with Crippen LogP contribution in [0.25, 0.3) is 0 Å². The molecule has 0 bridgehead atoms. The third-order valence-electron chi connectivity index (χ3n) is 4.23. The van der Waals surface area contributed by atoms with Gasteiger partial charge in [-0.2, -0.15) is 0 Å². The third kappa shape index (κ3) is 5.79. The third-order valence-corrected chi connectivity index (χ3v) is 4.23. The minimum absolute atomic E-state index is 0.105. The smallest absolute Gasteiger partial charge is 0.319 e. The number of rotatable bonds is 8. The Balaban J connectivity index is 1.64. The Morgan fingerprint density at radius 3 is 2.59 bits per heavy atom. The van der Waals surface area contributed by atoms with E-state index in [0.717, 1.165) is 18.5 Å². The van der Waals surface area contributed by atoms with Gasteiger partial charge in [0, 0.05) is 37.1 Å². The van der Waals surface area contributed by atoms with Crippen LogP contribution in [0.2, 0.25) is 0 Å². The Kier molecular flexibility index (Phi) is 6.38. The number of amides is 3. The van der Waals surface area contributed by atoms with Gasteiger partial charge in [0.05, 0.1) is 18.8 Å². The summed E-state index contributed by atoms with van der Waals surface area (Å²) >= 11 is 0. The Hall–Kier alpha value is -2.93. The van der Waals surface area contributed by atoms with Gasteiger partial charge < -0.3 is 20.3 Å². The maximum atomic E-state index is 12.9. The molecule has 1 aliphatic rings. The molecule has 3 amide bonds. The van der Waals surface area contributed by atoms with Gasteiger partial charge in [-0.25, -0.2) is 4.79 Å². The molecular formula is C20H24N4O3. The van der Waals surface area contributed by atoms with E-state index in [1.165, 1.54) is 0 Å². The Bertz CT molecular complexity index is 761. The van der Waals surface area contributed by atoms with E-state index in [1.807, 2.05) is 18.2 Å². The number of nitrogens with one attached hydrogen (secondary N) is 2. The van der Waals surface area contributed by atoms with E-state index in [0.29, 0.717) is 37.0 Å². The summed E-state index contributed by atoms with van der Waals surface area (Å²) in [6.45, 7) is 1.32. The van der Waals surface area contributed by atoms with Gasteiger partial charge in [0.2, 0.25) is 0 Å². The second kappa shape index (κ2) is 9.14. The molecule has 1 saturated carbocycles. The van der Waals surface area contributed by atoms with E-state index in [1.54, 1.807) is 42.5 Å². The summed E-state index contributed by atoms with van der Waals surface area (Å²) < 4.78 is 5.13. The number of benzene rings is 1. The molecule has 0 unspecified atom stereocenters. The fraction of sp³-hybridized carbons (Fsp3) is 0.350. The lowest BCUT2D eigenvalue weighted by Gasteiger charge is -2.22. The second-order valence-corrected chi connectivity index (χ2v) is 6.49. The van der Waals surface area contributed by atoms with E-state index in [9.17, 15) is 9.59 Å². The first-order valence-electron chi connectivity index (χ1n) is 9.01. The molecule has 1 aromatic heterocycles. The normalized spacial score (nSPS) is 13.1. The summed E-state index contributed by atoms with van der Waals surface area (Å²) in [4.78, 5) is 30.7. The van der Waals surface area contributed by atoms with E-state index in [4.69, 9.17) is 4.74 Å². The van der Waals surface area contributed by atoms with Gasteiger partial charge in [0.15, 0.2) is 0 Å². The molecule has 7 nitrogen and oxygen atoms in total. The van der Waals surface area contributed by atoms with Crippen LogP contribution in [-0.2, 0) is 11.3 Å². The van der Waals surface area contributed by atoms with Gasteiger partial charge in [0.1, 0.15) is 0 Å². The van der Waals surface area contributed by atoms with Crippen LogP contribution >= 0.6 is 0 Å². The summed E-state index contributed by atoms with van der Waals surface area (Å²) in [5, 5.41) is 5.64. The van der Waals surface area contributed by atoms with E-state index in [2.05, 4.69) is 15.6 Å². The van der Waals surface area contributed by atoms with E-state index >= 15 is 0 Å². The van der Waals surface area contributed by atoms with Crippen molar-refractivity contribution in [2.45, 2.75) is 25.4 Å². The minimum atomic E-state index is -0.214. The maximum absolute atomic E-state index is 12.9. The van der Waals surface area contributed by atoms with Crippen molar-refractivity contribution in [3.8, 4) is 0 Å². The van der Waals surface area contributed by atoms with Crippen molar-refractivity contribution in [1.29, 1.82) is 0 Å². The molecule has 0 radical (unpaired) electrons. The van der Waals surface area contributed by atoms with Gasteiger partial charge in [-0.15, -0.1) is 0 Å². The van der Waals surface area contributed by atoms with Gasteiger partial charge >= 0.3 is 6.03 Å². The number of hydrogen-bond acceptors (Lipinski definition) is 4. The zero-order chi connectivity index (χ0) is 19.1. The maximum Gasteiger partial charge on any atom is 0.319 e. The molecule has 0 atom stereocenters. The standard InChI is InChI=1S/C20H24N4O3/c1-27-13-12-24(14-18-4-2-3-11-21-18)19(25)15-5-7-16(8-6-15)22-20(26)23-17-9-10-17/h2-8,11,17H,9-10,12-14H2,1H3,(H2,22,23,26). The van der Waals surface area contributed by atoms with Crippen LogP contribution in [0.15, 0.2) is 48.7 Å². The number of urea groups is 1. The van der Waals surface area contributed by atoms with E-state index in [-0.39, 0.29) is 11.9 Å². The molecule has 142 valence electrons. The van der Waals surface area contributed by atoms with Crippen LogP contribution < -0.4 is 10.6 Å². The minimum Gasteiger partial charge on any atom is -0.383 e.